The molecule has 0 aromatic heterocycles. The molecule has 1 unspecified atom stereocenters. The van der Waals surface area contributed by atoms with E-state index in [-0.39, 0.29) is 11.8 Å². The number of piperidine rings is 1. The highest BCUT2D eigenvalue weighted by molar-refractivity contribution is 7.80. The first-order valence-electron chi connectivity index (χ1n) is 7.28. The zero-order chi connectivity index (χ0) is 13.8. The molecule has 1 atom stereocenters. The zero-order valence-corrected chi connectivity index (χ0v) is 12.5. The number of hydrogen-bond acceptors (Lipinski definition) is 3. The van der Waals surface area contributed by atoms with Crippen LogP contribution in [0.5, 0.6) is 0 Å². The summed E-state index contributed by atoms with van der Waals surface area (Å²) in [4.78, 5) is 14.7. The lowest BCUT2D eigenvalue weighted by molar-refractivity contribution is -0.135. The first kappa shape index (κ1) is 14.7. The highest BCUT2D eigenvalue weighted by Gasteiger charge is 2.33. The van der Waals surface area contributed by atoms with Gasteiger partial charge in [-0.15, -0.1) is 0 Å². The minimum Gasteiger partial charge on any atom is -0.393 e. The summed E-state index contributed by atoms with van der Waals surface area (Å²) in [6.07, 6.45) is 5.15. The molecule has 1 amide bonds. The minimum atomic E-state index is 0.213. The van der Waals surface area contributed by atoms with E-state index in [0.717, 1.165) is 45.4 Å². The number of nitrogens with zero attached hydrogens (tertiary/aromatic N) is 1. The van der Waals surface area contributed by atoms with Gasteiger partial charge in [0.25, 0.3) is 0 Å². The second-order valence-corrected chi connectivity index (χ2v) is 6.17. The van der Waals surface area contributed by atoms with E-state index in [4.69, 9.17) is 22.7 Å². The molecule has 2 aliphatic rings. The largest absolute Gasteiger partial charge is 0.393 e. The number of carbonyl (C=O) groups excluding carboxylic acids is 1. The standard InChI is InChI=1S/C14H24N2O2S/c1-2-18-12-6-10(7-12)8-13(17)16-5-3-4-11(9-16)14(15)19/h10-12H,2-9H2,1H3,(H2,15,19). The number of hydrogen-bond donors (Lipinski definition) is 1. The predicted molar refractivity (Wildman–Crippen MR) is 78.8 cm³/mol. The smallest absolute Gasteiger partial charge is 0.222 e. The van der Waals surface area contributed by atoms with Crippen LogP contribution in [0.4, 0.5) is 0 Å². The number of ether oxygens (including phenoxy) is 1. The predicted octanol–water partition coefficient (Wildman–Crippen LogP) is 1.72. The highest BCUT2D eigenvalue weighted by Crippen LogP contribution is 2.33. The van der Waals surface area contributed by atoms with Crippen LogP contribution in [0.25, 0.3) is 0 Å². The summed E-state index contributed by atoms with van der Waals surface area (Å²) in [7, 11) is 0. The van der Waals surface area contributed by atoms with Crippen LogP contribution in [0.1, 0.15) is 39.0 Å². The van der Waals surface area contributed by atoms with Crippen LogP contribution < -0.4 is 5.73 Å². The molecule has 0 aromatic rings. The van der Waals surface area contributed by atoms with E-state index in [1.165, 1.54) is 0 Å². The van der Waals surface area contributed by atoms with Gasteiger partial charge in [0.05, 0.1) is 11.1 Å². The molecule has 2 rings (SSSR count). The van der Waals surface area contributed by atoms with Gasteiger partial charge in [-0.3, -0.25) is 4.79 Å². The fourth-order valence-corrected chi connectivity index (χ4v) is 3.22. The average molecular weight is 284 g/mol. The van der Waals surface area contributed by atoms with E-state index < -0.39 is 0 Å². The first-order chi connectivity index (χ1) is 9.10. The van der Waals surface area contributed by atoms with Gasteiger partial charge in [0.2, 0.25) is 5.91 Å². The first-order valence-corrected chi connectivity index (χ1v) is 7.69. The maximum atomic E-state index is 12.2. The van der Waals surface area contributed by atoms with Crippen molar-refractivity contribution in [2.24, 2.45) is 17.6 Å². The lowest BCUT2D eigenvalue weighted by Crippen LogP contribution is -2.45. The summed E-state index contributed by atoms with van der Waals surface area (Å²) in [5.74, 6) is 0.986. The van der Waals surface area contributed by atoms with E-state index in [0.29, 0.717) is 23.4 Å². The number of nitrogens with two attached hydrogens (primary N) is 1. The van der Waals surface area contributed by atoms with E-state index >= 15 is 0 Å². The molecule has 4 nitrogen and oxygen atoms in total. The third-order valence-corrected chi connectivity index (χ3v) is 4.57. The number of likely N-dealkylation sites (tertiary alicyclic amines) is 1. The van der Waals surface area contributed by atoms with Crippen molar-refractivity contribution in [3.63, 3.8) is 0 Å². The molecule has 5 heteroatoms. The summed E-state index contributed by atoms with van der Waals surface area (Å²) in [6, 6.07) is 0. The van der Waals surface area contributed by atoms with Gasteiger partial charge in [-0.1, -0.05) is 12.2 Å². The molecule has 1 saturated carbocycles. The Bertz CT molecular complexity index is 342. The molecule has 0 spiro atoms. The van der Waals surface area contributed by atoms with Crippen LogP contribution in [0, 0.1) is 11.8 Å². The maximum absolute atomic E-state index is 12.2. The van der Waals surface area contributed by atoms with E-state index in [2.05, 4.69) is 0 Å². The molecule has 19 heavy (non-hydrogen) atoms. The molecule has 2 fully saturated rings. The SMILES string of the molecule is CCOC1CC(CC(=O)N2CCCC(C(N)=S)C2)C1. The molecule has 1 aliphatic heterocycles. The fourth-order valence-electron chi connectivity index (χ4n) is 3.02. The average Bonchev–Trinajstić information content (AvgIpc) is 2.36. The summed E-state index contributed by atoms with van der Waals surface area (Å²) < 4.78 is 5.53. The summed E-state index contributed by atoms with van der Waals surface area (Å²) in [6.45, 7) is 4.37. The van der Waals surface area contributed by atoms with E-state index in [9.17, 15) is 4.79 Å². The third kappa shape index (κ3) is 3.89. The second-order valence-electron chi connectivity index (χ2n) is 5.70. The van der Waals surface area contributed by atoms with Crippen LogP contribution in [0.2, 0.25) is 0 Å². The second kappa shape index (κ2) is 6.66. The van der Waals surface area contributed by atoms with Crippen molar-refractivity contribution >= 4 is 23.1 Å². The van der Waals surface area contributed by atoms with Crippen molar-refractivity contribution in [3.05, 3.63) is 0 Å². The lowest BCUT2D eigenvalue weighted by Gasteiger charge is -2.37. The van der Waals surface area contributed by atoms with E-state index in [1.807, 2.05) is 11.8 Å². The Morgan fingerprint density at radius 1 is 1.47 bits per heavy atom. The van der Waals surface area contributed by atoms with Gasteiger partial charge in [-0.2, -0.15) is 0 Å². The van der Waals surface area contributed by atoms with Crippen molar-refractivity contribution in [1.29, 1.82) is 0 Å². The van der Waals surface area contributed by atoms with Gasteiger partial charge in [0, 0.05) is 32.0 Å². The van der Waals surface area contributed by atoms with Crippen LogP contribution in [0.3, 0.4) is 0 Å². The highest BCUT2D eigenvalue weighted by atomic mass is 32.1. The fraction of sp³-hybridized carbons (Fsp3) is 0.857. The summed E-state index contributed by atoms with van der Waals surface area (Å²) >= 11 is 5.04. The molecule has 1 heterocycles. The molecule has 108 valence electrons. The van der Waals surface area contributed by atoms with Gasteiger partial charge >= 0.3 is 0 Å². The van der Waals surface area contributed by atoms with Crippen molar-refractivity contribution < 1.29 is 9.53 Å². The van der Waals surface area contributed by atoms with Crippen LogP contribution in [-0.4, -0.2) is 41.6 Å². The minimum absolute atomic E-state index is 0.213. The van der Waals surface area contributed by atoms with Gasteiger partial charge in [-0.25, -0.2) is 0 Å². The van der Waals surface area contributed by atoms with Crippen LogP contribution in [-0.2, 0) is 9.53 Å². The van der Waals surface area contributed by atoms with Gasteiger partial charge in [0.1, 0.15) is 0 Å². The van der Waals surface area contributed by atoms with Gasteiger partial charge < -0.3 is 15.4 Å². The maximum Gasteiger partial charge on any atom is 0.222 e. The molecule has 1 aliphatic carbocycles. The molecule has 0 bridgehead atoms. The summed E-state index contributed by atoms with van der Waals surface area (Å²) in [5, 5.41) is 0. The zero-order valence-electron chi connectivity index (χ0n) is 11.6. The van der Waals surface area contributed by atoms with Gasteiger partial charge in [-0.05, 0) is 38.5 Å². The Kier molecular flexibility index (Phi) is 5.16. The Hall–Kier alpha value is -0.680. The lowest BCUT2D eigenvalue weighted by atomic mass is 9.79. The Morgan fingerprint density at radius 3 is 2.84 bits per heavy atom. The number of carbonyl (C=O) groups is 1. The number of rotatable bonds is 5. The monoisotopic (exact) mass is 284 g/mol. The van der Waals surface area contributed by atoms with E-state index in [1.54, 1.807) is 0 Å². The topological polar surface area (TPSA) is 55.6 Å². The van der Waals surface area contributed by atoms with Crippen LogP contribution in [0.15, 0.2) is 0 Å². The number of amides is 1. The molecular formula is C14H24N2O2S. The van der Waals surface area contributed by atoms with Crippen molar-refractivity contribution in [2.75, 3.05) is 19.7 Å². The Morgan fingerprint density at radius 2 is 2.21 bits per heavy atom. The van der Waals surface area contributed by atoms with Crippen molar-refractivity contribution in [1.82, 2.24) is 4.90 Å². The normalized spacial score (nSPS) is 30.8. The Labute approximate surface area is 120 Å². The van der Waals surface area contributed by atoms with Crippen molar-refractivity contribution in [2.45, 2.75) is 45.1 Å². The Balaban J connectivity index is 1.73. The molecule has 0 radical (unpaired) electrons. The molecular weight excluding hydrogens is 260 g/mol. The number of thiocarbonyl (C=S) groups is 1. The molecule has 0 aromatic carbocycles. The summed E-state index contributed by atoms with van der Waals surface area (Å²) in [5.41, 5.74) is 5.70. The van der Waals surface area contributed by atoms with Gasteiger partial charge in [0.15, 0.2) is 0 Å². The molecule has 2 N–H and O–H groups in total. The van der Waals surface area contributed by atoms with Crippen LogP contribution >= 0.6 is 12.2 Å². The van der Waals surface area contributed by atoms with Crippen molar-refractivity contribution in [3.8, 4) is 0 Å². The third-order valence-electron chi connectivity index (χ3n) is 4.23. The quantitative estimate of drug-likeness (QED) is 0.781. The molecule has 1 saturated heterocycles.